The van der Waals surface area contributed by atoms with Gasteiger partial charge in [0.15, 0.2) is 6.61 Å². The summed E-state index contributed by atoms with van der Waals surface area (Å²) >= 11 is 0. The Bertz CT molecular complexity index is 436. The van der Waals surface area contributed by atoms with Crippen molar-refractivity contribution < 1.29 is 9.53 Å². The van der Waals surface area contributed by atoms with Crippen molar-refractivity contribution in [2.45, 2.75) is 6.42 Å². The van der Waals surface area contributed by atoms with Crippen LogP contribution in [0.15, 0.2) is 24.3 Å². The molecule has 0 radical (unpaired) electrons. The van der Waals surface area contributed by atoms with Gasteiger partial charge in [0.25, 0.3) is 5.91 Å². The van der Waals surface area contributed by atoms with Crippen molar-refractivity contribution in [3.05, 3.63) is 24.3 Å². The highest BCUT2D eigenvalue weighted by atomic mass is 16.5. The fourth-order valence-corrected chi connectivity index (χ4v) is 2.14. The standard InChI is InChI=1S/C14H21N3O2/c1-16-6-3-7-17(9-8-16)14(18)11-19-13-5-2-4-12(15)10-13/h2,4-5,10H,3,6-9,11,15H2,1H3. The Kier molecular flexibility index (Phi) is 4.63. The van der Waals surface area contributed by atoms with Crippen molar-refractivity contribution in [1.29, 1.82) is 0 Å². The fraction of sp³-hybridized carbons (Fsp3) is 0.500. The van der Waals surface area contributed by atoms with Crippen LogP contribution in [0, 0.1) is 0 Å². The zero-order valence-electron chi connectivity index (χ0n) is 11.3. The van der Waals surface area contributed by atoms with Crippen LogP contribution >= 0.6 is 0 Å². The highest BCUT2D eigenvalue weighted by molar-refractivity contribution is 5.77. The molecule has 1 saturated heterocycles. The van der Waals surface area contributed by atoms with Crippen molar-refractivity contribution >= 4 is 11.6 Å². The summed E-state index contributed by atoms with van der Waals surface area (Å²) in [5.74, 6) is 0.679. The van der Waals surface area contributed by atoms with Crippen LogP contribution in [0.25, 0.3) is 0 Å². The predicted octanol–water partition coefficient (Wildman–Crippen LogP) is 0.812. The zero-order chi connectivity index (χ0) is 13.7. The number of ether oxygens (including phenoxy) is 1. The number of carbonyl (C=O) groups excluding carboxylic acids is 1. The number of nitrogens with zero attached hydrogens (tertiary/aromatic N) is 2. The number of likely N-dealkylation sites (N-methyl/N-ethyl adjacent to an activating group) is 1. The van der Waals surface area contributed by atoms with E-state index in [4.69, 9.17) is 10.5 Å². The molecule has 1 aromatic carbocycles. The molecule has 0 atom stereocenters. The van der Waals surface area contributed by atoms with E-state index < -0.39 is 0 Å². The van der Waals surface area contributed by atoms with Gasteiger partial charge in [0.1, 0.15) is 5.75 Å². The Morgan fingerprint density at radius 3 is 2.95 bits per heavy atom. The predicted molar refractivity (Wildman–Crippen MR) is 75.0 cm³/mol. The number of rotatable bonds is 3. The topological polar surface area (TPSA) is 58.8 Å². The summed E-state index contributed by atoms with van der Waals surface area (Å²) in [5, 5.41) is 0. The molecule has 1 aromatic rings. The molecule has 0 spiro atoms. The van der Waals surface area contributed by atoms with Gasteiger partial charge in [-0.1, -0.05) is 6.07 Å². The average Bonchev–Trinajstić information content (AvgIpc) is 2.61. The van der Waals surface area contributed by atoms with Gasteiger partial charge >= 0.3 is 0 Å². The van der Waals surface area contributed by atoms with Crippen LogP contribution in [-0.4, -0.2) is 55.5 Å². The van der Waals surface area contributed by atoms with E-state index in [2.05, 4.69) is 11.9 Å². The molecule has 1 fully saturated rings. The lowest BCUT2D eigenvalue weighted by Crippen LogP contribution is -2.37. The minimum absolute atomic E-state index is 0.0396. The molecular formula is C14H21N3O2. The molecule has 19 heavy (non-hydrogen) atoms. The molecule has 2 rings (SSSR count). The van der Waals surface area contributed by atoms with Crippen LogP contribution in [0.4, 0.5) is 5.69 Å². The van der Waals surface area contributed by atoms with Gasteiger partial charge in [-0.05, 0) is 32.1 Å². The number of carbonyl (C=O) groups is 1. The largest absolute Gasteiger partial charge is 0.484 e. The Balaban J connectivity index is 1.83. The molecule has 5 nitrogen and oxygen atoms in total. The molecule has 1 amide bonds. The first kappa shape index (κ1) is 13.7. The summed E-state index contributed by atoms with van der Waals surface area (Å²) in [5.41, 5.74) is 6.30. The first-order chi connectivity index (χ1) is 9.15. The summed E-state index contributed by atoms with van der Waals surface area (Å²) in [7, 11) is 2.08. The van der Waals surface area contributed by atoms with E-state index in [-0.39, 0.29) is 12.5 Å². The number of nitrogens with two attached hydrogens (primary N) is 1. The second-order valence-electron chi connectivity index (χ2n) is 4.90. The Hall–Kier alpha value is -1.75. The number of amides is 1. The second kappa shape index (κ2) is 6.43. The number of benzene rings is 1. The minimum atomic E-state index is 0.0396. The lowest BCUT2D eigenvalue weighted by atomic mass is 10.3. The highest BCUT2D eigenvalue weighted by Gasteiger charge is 2.17. The van der Waals surface area contributed by atoms with Gasteiger partial charge in [0.05, 0.1) is 0 Å². The normalized spacial score (nSPS) is 17.0. The number of hydrogen-bond donors (Lipinski definition) is 1. The summed E-state index contributed by atoms with van der Waals surface area (Å²) in [6.45, 7) is 3.62. The Morgan fingerprint density at radius 1 is 1.32 bits per heavy atom. The molecule has 2 N–H and O–H groups in total. The van der Waals surface area contributed by atoms with Gasteiger partial charge in [-0.3, -0.25) is 4.79 Å². The first-order valence-corrected chi connectivity index (χ1v) is 6.60. The minimum Gasteiger partial charge on any atom is -0.484 e. The van der Waals surface area contributed by atoms with Gasteiger partial charge in [-0.25, -0.2) is 0 Å². The average molecular weight is 263 g/mol. The number of anilines is 1. The quantitative estimate of drug-likeness (QED) is 0.820. The Labute approximate surface area is 113 Å². The third-order valence-electron chi connectivity index (χ3n) is 3.29. The smallest absolute Gasteiger partial charge is 0.260 e. The van der Waals surface area contributed by atoms with E-state index in [9.17, 15) is 4.79 Å². The van der Waals surface area contributed by atoms with Gasteiger partial charge in [0, 0.05) is 31.4 Å². The van der Waals surface area contributed by atoms with Crippen LogP contribution in [0.1, 0.15) is 6.42 Å². The maximum absolute atomic E-state index is 12.1. The first-order valence-electron chi connectivity index (χ1n) is 6.60. The third kappa shape index (κ3) is 4.13. The third-order valence-corrected chi connectivity index (χ3v) is 3.29. The van der Waals surface area contributed by atoms with Crippen molar-refractivity contribution in [2.24, 2.45) is 0 Å². The Morgan fingerprint density at radius 2 is 2.16 bits per heavy atom. The van der Waals surface area contributed by atoms with Gasteiger partial charge in [0.2, 0.25) is 0 Å². The van der Waals surface area contributed by atoms with E-state index in [1.807, 2.05) is 11.0 Å². The van der Waals surface area contributed by atoms with Crippen molar-refractivity contribution in [2.75, 3.05) is 45.6 Å². The van der Waals surface area contributed by atoms with Crippen molar-refractivity contribution in [3.8, 4) is 5.75 Å². The monoisotopic (exact) mass is 263 g/mol. The molecule has 0 unspecified atom stereocenters. The van der Waals surface area contributed by atoms with Crippen LogP contribution in [0.5, 0.6) is 5.75 Å². The molecule has 5 heteroatoms. The van der Waals surface area contributed by atoms with Crippen LogP contribution in [0.3, 0.4) is 0 Å². The summed E-state index contributed by atoms with van der Waals surface area (Å²) in [6, 6.07) is 7.14. The molecule has 1 aliphatic heterocycles. The van der Waals surface area contributed by atoms with Gasteiger partial charge in [-0.2, -0.15) is 0 Å². The highest BCUT2D eigenvalue weighted by Crippen LogP contribution is 2.14. The molecule has 1 heterocycles. The number of hydrogen-bond acceptors (Lipinski definition) is 4. The van der Waals surface area contributed by atoms with E-state index >= 15 is 0 Å². The van der Waals surface area contributed by atoms with Crippen LogP contribution in [0.2, 0.25) is 0 Å². The molecular weight excluding hydrogens is 242 g/mol. The summed E-state index contributed by atoms with van der Waals surface area (Å²) < 4.78 is 5.48. The maximum atomic E-state index is 12.1. The van der Waals surface area contributed by atoms with E-state index in [0.29, 0.717) is 11.4 Å². The number of nitrogen functional groups attached to an aromatic ring is 1. The van der Waals surface area contributed by atoms with E-state index in [1.54, 1.807) is 18.2 Å². The summed E-state index contributed by atoms with van der Waals surface area (Å²) in [4.78, 5) is 16.2. The molecule has 0 aromatic heterocycles. The maximum Gasteiger partial charge on any atom is 0.260 e. The second-order valence-corrected chi connectivity index (χ2v) is 4.90. The summed E-state index contributed by atoms with van der Waals surface area (Å²) in [6.07, 6.45) is 1.01. The molecule has 0 bridgehead atoms. The van der Waals surface area contributed by atoms with Gasteiger partial charge < -0.3 is 20.3 Å². The van der Waals surface area contributed by atoms with E-state index in [1.165, 1.54) is 0 Å². The fourth-order valence-electron chi connectivity index (χ4n) is 2.14. The SMILES string of the molecule is CN1CCCN(C(=O)COc2cccc(N)c2)CC1. The molecule has 1 aliphatic rings. The van der Waals surface area contributed by atoms with Crippen molar-refractivity contribution in [3.63, 3.8) is 0 Å². The molecule has 0 saturated carbocycles. The lowest BCUT2D eigenvalue weighted by molar-refractivity contribution is -0.133. The molecule has 0 aliphatic carbocycles. The van der Waals surface area contributed by atoms with Crippen molar-refractivity contribution in [1.82, 2.24) is 9.80 Å². The molecule has 104 valence electrons. The van der Waals surface area contributed by atoms with E-state index in [0.717, 1.165) is 32.6 Å². The lowest BCUT2D eigenvalue weighted by Gasteiger charge is -2.20. The van der Waals surface area contributed by atoms with Gasteiger partial charge in [-0.15, -0.1) is 0 Å². The van der Waals surface area contributed by atoms with Crippen LogP contribution < -0.4 is 10.5 Å². The van der Waals surface area contributed by atoms with Crippen LogP contribution in [-0.2, 0) is 4.79 Å². The zero-order valence-corrected chi connectivity index (χ0v) is 11.3.